The highest BCUT2D eigenvalue weighted by molar-refractivity contribution is 5.30. The van der Waals surface area contributed by atoms with Crippen molar-refractivity contribution >= 4 is 0 Å². The summed E-state index contributed by atoms with van der Waals surface area (Å²) in [6.45, 7) is 5.51. The topological polar surface area (TPSA) is 29.9 Å². The third-order valence-electron chi connectivity index (χ3n) is 4.38. The van der Waals surface area contributed by atoms with Crippen molar-refractivity contribution in [1.29, 1.82) is 0 Å². The Morgan fingerprint density at radius 3 is 2.81 bits per heavy atom. The predicted octanol–water partition coefficient (Wildman–Crippen LogP) is 4.30. The van der Waals surface area contributed by atoms with Gasteiger partial charge >= 0.3 is 0 Å². The second-order valence-electron chi connectivity index (χ2n) is 6.18. The van der Waals surface area contributed by atoms with Crippen molar-refractivity contribution in [3.8, 4) is 0 Å². The van der Waals surface area contributed by atoms with Gasteiger partial charge in [-0.05, 0) is 45.1 Å². The van der Waals surface area contributed by atoms with Crippen LogP contribution in [-0.4, -0.2) is 16.3 Å². The molecule has 1 N–H and O–H groups in total. The Labute approximate surface area is 129 Å². The van der Waals surface area contributed by atoms with Crippen molar-refractivity contribution in [2.75, 3.05) is 6.54 Å². The van der Waals surface area contributed by atoms with E-state index in [1.165, 1.54) is 56.2 Å². The van der Waals surface area contributed by atoms with Crippen LogP contribution in [0, 0.1) is 0 Å². The lowest BCUT2D eigenvalue weighted by Crippen LogP contribution is -2.25. The van der Waals surface area contributed by atoms with Crippen LogP contribution in [0.5, 0.6) is 0 Å². The van der Waals surface area contributed by atoms with E-state index in [-0.39, 0.29) is 0 Å². The van der Waals surface area contributed by atoms with E-state index in [1.54, 1.807) is 5.57 Å². The van der Waals surface area contributed by atoms with Gasteiger partial charge in [0.2, 0.25) is 0 Å². The fourth-order valence-corrected chi connectivity index (χ4v) is 3.28. The largest absolute Gasteiger partial charge is 0.306 e. The van der Waals surface area contributed by atoms with E-state index in [2.05, 4.69) is 36.5 Å². The molecule has 21 heavy (non-hydrogen) atoms. The van der Waals surface area contributed by atoms with Crippen molar-refractivity contribution in [2.24, 2.45) is 7.05 Å². The Morgan fingerprint density at radius 1 is 1.24 bits per heavy atom. The van der Waals surface area contributed by atoms with Crippen LogP contribution in [0.4, 0.5) is 0 Å². The van der Waals surface area contributed by atoms with Gasteiger partial charge in [0.1, 0.15) is 0 Å². The molecule has 0 saturated carbocycles. The maximum absolute atomic E-state index is 4.64. The number of hydrogen-bond acceptors (Lipinski definition) is 2. The number of aryl methyl sites for hydroxylation is 2. The molecule has 1 aromatic heterocycles. The molecule has 1 aliphatic rings. The Kier molecular flexibility index (Phi) is 6.50. The summed E-state index contributed by atoms with van der Waals surface area (Å²) in [6.07, 6.45) is 14.8. The second-order valence-corrected chi connectivity index (χ2v) is 6.18. The average Bonchev–Trinajstić information content (AvgIpc) is 2.82. The molecule has 1 heterocycles. The maximum atomic E-state index is 4.64. The van der Waals surface area contributed by atoms with Crippen LogP contribution in [0.2, 0.25) is 0 Å². The van der Waals surface area contributed by atoms with E-state index in [0.29, 0.717) is 6.04 Å². The van der Waals surface area contributed by atoms with Gasteiger partial charge in [-0.25, -0.2) is 0 Å². The first kappa shape index (κ1) is 16.3. The number of allylic oxidation sites excluding steroid dienone is 1. The van der Waals surface area contributed by atoms with E-state index in [0.717, 1.165) is 13.0 Å². The molecule has 0 bridgehead atoms. The van der Waals surface area contributed by atoms with E-state index >= 15 is 0 Å². The monoisotopic (exact) mass is 289 g/mol. The van der Waals surface area contributed by atoms with Gasteiger partial charge in [0, 0.05) is 18.8 Å². The molecule has 1 aromatic rings. The smallest absolute Gasteiger partial charge is 0.0672 e. The molecule has 1 atom stereocenters. The third-order valence-corrected chi connectivity index (χ3v) is 4.38. The van der Waals surface area contributed by atoms with Crippen molar-refractivity contribution in [1.82, 2.24) is 15.1 Å². The van der Waals surface area contributed by atoms with Gasteiger partial charge in [-0.3, -0.25) is 4.68 Å². The van der Waals surface area contributed by atoms with Crippen LogP contribution >= 0.6 is 0 Å². The maximum Gasteiger partial charge on any atom is 0.0672 e. The van der Waals surface area contributed by atoms with Gasteiger partial charge in [-0.15, -0.1) is 0 Å². The summed E-state index contributed by atoms with van der Waals surface area (Å²) in [5, 5.41) is 8.41. The summed E-state index contributed by atoms with van der Waals surface area (Å²) in [5.41, 5.74) is 4.22. The van der Waals surface area contributed by atoms with E-state index < -0.39 is 0 Å². The Bertz CT molecular complexity index is 459. The summed E-state index contributed by atoms with van der Waals surface area (Å²) in [5.74, 6) is 0. The lowest BCUT2D eigenvalue weighted by molar-refractivity contribution is 0.538. The van der Waals surface area contributed by atoms with Gasteiger partial charge in [0.05, 0.1) is 11.7 Å². The zero-order chi connectivity index (χ0) is 15.1. The molecule has 0 saturated heterocycles. The fourth-order valence-electron chi connectivity index (χ4n) is 3.28. The average molecular weight is 289 g/mol. The van der Waals surface area contributed by atoms with E-state index in [1.807, 2.05) is 11.7 Å². The lowest BCUT2D eigenvalue weighted by atomic mass is 9.90. The molecular weight excluding hydrogens is 258 g/mol. The van der Waals surface area contributed by atoms with E-state index in [4.69, 9.17) is 0 Å². The van der Waals surface area contributed by atoms with Crippen LogP contribution in [-0.2, 0) is 13.5 Å². The molecule has 2 rings (SSSR count). The standard InChI is InChI=1S/C18H31N3/c1-4-13-19-18(15-11-9-7-6-8-10-12-15)16-14-21(3)20-17(16)5-2/h11,14,18-19H,4-10,12-13H2,1-3H3. The third kappa shape index (κ3) is 4.44. The second kappa shape index (κ2) is 8.38. The van der Waals surface area contributed by atoms with Crippen molar-refractivity contribution in [3.05, 3.63) is 29.1 Å². The van der Waals surface area contributed by atoms with Crippen molar-refractivity contribution < 1.29 is 0 Å². The first-order chi connectivity index (χ1) is 10.3. The Balaban J connectivity index is 2.27. The molecule has 118 valence electrons. The van der Waals surface area contributed by atoms with Crippen LogP contribution < -0.4 is 5.32 Å². The van der Waals surface area contributed by atoms with Gasteiger partial charge in [0.25, 0.3) is 0 Å². The fraction of sp³-hybridized carbons (Fsp3) is 0.722. The first-order valence-corrected chi connectivity index (χ1v) is 8.71. The molecule has 3 heteroatoms. The summed E-state index contributed by atoms with van der Waals surface area (Å²) >= 11 is 0. The molecule has 0 aromatic carbocycles. The van der Waals surface area contributed by atoms with E-state index in [9.17, 15) is 0 Å². The quantitative estimate of drug-likeness (QED) is 0.791. The number of rotatable bonds is 6. The van der Waals surface area contributed by atoms with Crippen molar-refractivity contribution in [3.63, 3.8) is 0 Å². The molecule has 0 aliphatic heterocycles. The summed E-state index contributed by atoms with van der Waals surface area (Å²) < 4.78 is 1.97. The molecular formula is C18H31N3. The Morgan fingerprint density at radius 2 is 2.05 bits per heavy atom. The minimum absolute atomic E-state index is 0.367. The molecule has 0 radical (unpaired) electrons. The van der Waals surface area contributed by atoms with Crippen LogP contribution in [0.1, 0.15) is 76.1 Å². The number of hydrogen-bond donors (Lipinski definition) is 1. The molecule has 3 nitrogen and oxygen atoms in total. The van der Waals surface area contributed by atoms with Crippen LogP contribution in [0.3, 0.4) is 0 Å². The number of aromatic nitrogens is 2. The minimum Gasteiger partial charge on any atom is -0.306 e. The summed E-state index contributed by atoms with van der Waals surface area (Å²) in [7, 11) is 2.03. The summed E-state index contributed by atoms with van der Waals surface area (Å²) in [6, 6.07) is 0.367. The molecule has 0 spiro atoms. The highest BCUT2D eigenvalue weighted by Gasteiger charge is 2.21. The zero-order valence-corrected chi connectivity index (χ0v) is 14.0. The van der Waals surface area contributed by atoms with Gasteiger partial charge in [-0.2, -0.15) is 5.10 Å². The van der Waals surface area contributed by atoms with Crippen LogP contribution in [0.15, 0.2) is 17.8 Å². The van der Waals surface area contributed by atoms with Crippen LogP contribution in [0.25, 0.3) is 0 Å². The highest BCUT2D eigenvalue weighted by Crippen LogP contribution is 2.30. The minimum atomic E-state index is 0.367. The Hall–Kier alpha value is -1.09. The molecule has 1 aliphatic carbocycles. The number of nitrogens with one attached hydrogen (secondary N) is 1. The zero-order valence-electron chi connectivity index (χ0n) is 14.0. The SMILES string of the molecule is CCCNC(C1=CCCCCCC1)c1cn(C)nc1CC. The normalized spacial score (nSPS) is 18.0. The highest BCUT2D eigenvalue weighted by atomic mass is 15.3. The summed E-state index contributed by atoms with van der Waals surface area (Å²) in [4.78, 5) is 0. The van der Waals surface area contributed by atoms with Gasteiger partial charge in [0.15, 0.2) is 0 Å². The molecule has 0 fully saturated rings. The van der Waals surface area contributed by atoms with Gasteiger partial charge < -0.3 is 5.32 Å². The van der Waals surface area contributed by atoms with Gasteiger partial charge in [-0.1, -0.05) is 38.3 Å². The van der Waals surface area contributed by atoms with Crippen molar-refractivity contribution in [2.45, 2.75) is 71.3 Å². The lowest BCUT2D eigenvalue weighted by Gasteiger charge is -2.23. The first-order valence-electron chi connectivity index (χ1n) is 8.71. The number of nitrogens with zero attached hydrogens (tertiary/aromatic N) is 2. The predicted molar refractivity (Wildman–Crippen MR) is 89.4 cm³/mol. The molecule has 0 amide bonds. The molecule has 1 unspecified atom stereocenters.